The lowest BCUT2D eigenvalue weighted by Crippen LogP contribution is -2.59. The molecule has 0 aromatic heterocycles. The van der Waals surface area contributed by atoms with Gasteiger partial charge in [-0.3, -0.25) is 0 Å². The van der Waals surface area contributed by atoms with Gasteiger partial charge >= 0.3 is 17.1 Å². The van der Waals surface area contributed by atoms with Crippen LogP contribution in [-0.2, 0) is 8.85 Å². The van der Waals surface area contributed by atoms with Crippen LogP contribution in [0.5, 0.6) is 11.5 Å². The Morgan fingerprint density at radius 2 is 0.931 bits per heavy atom. The predicted molar refractivity (Wildman–Crippen MR) is 124 cm³/mol. The molecule has 160 valence electrons. The molecule has 0 fully saturated rings. The molecule has 0 saturated carbocycles. The van der Waals surface area contributed by atoms with E-state index in [0.29, 0.717) is 5.67 Å². The van der Waals surface area contributed by atoms with Gasteiger partial charge in [0, 0.05) is 6.55 Å². The van der Waals surface area contributed by atoms with Crippen molar-refractivity contribution in [3.8, 4) is 11.5 Å². The van der Waals surface area contributed by atoms with Crippen LogP contribution in [0.15, 0.2) is 60.7 Å². The largest absolute Gasteiger partial charge is 0.512 e. The fraction of sp³-hybridized carbons (Fsp3) is 0.478. The van der Waals surface area contributed by atoms with Crippen LogP contribution in [-0.4, -0.2) is 28.3 Å². The van der Waals surface area contributed by atoms with E-state index in [1.165, 1.54) is 0 Å². The Labute approximate surface area is 178 Å². The highest BCUT2D eigenvalue weighted by atomic mass is 28.4. The van der Waals surface area contributed by atoms with Crippen LogP contribution >= 0.6 is 0 Å². The molecule has 0 saturated heterocycles. The van der Waals surface area contributed by atoms with Gasteiger partial charge < -0.3 is 17.7 Å². The Hall–Kier alpha value is -1.61. The van der Waals surface area contributed by atoms with Gasteiger partial charge in [-0.25, -0.2) is 0 Å². The van der Waals surface area contributed by atoms with E-state index in [2.05, 4.69) is 54.6 Å². The normalized spacial score (nSPS) is 13.2. The van der Waals surface area contributed by atoms with Gasteiger partial charge in [-0.2, -0.15) is 0 Å². The number of hydrogen-bond acceptors (Lipinski definition) is 4. The van der Waals surface area contributed by atoms with Gasteiger partial charge in [0.2, 0.25) is 0 Å². The molecule has 2 rings (SSSR count). The zero-order valence-corrected chi connectivity index (χ0v) is 21.1. The molecule has 0 atom stereocenters. The monoisotopic (exact) mass is 432 g/mol. The lowest BCUT2D eigenvalue weighted by atomic mass is 10.2. The van der Waals surface area contributed by atoms with Crippen LogP contribution < -0.4 is 8.85 Å². The third kappa shape index (κ3) is 8.74. The second-order valence-electron chi connectivity index (χ2n) is 9.70. The summed E-state index contributed by atoms with van der Waals surface area (Å²) in [6.45, 7) is 16.6. The van der Waals surface area contributed by atoms with Gasteiger partial charge in [0.05, 0.1) is 16.9 Å². The van der Waals surface area contributed by atoms with Crippen molar-refractivity contribution in [2.75, 3.05) is 0 Å². The molecule has 0 heterocycles. The SMILES string of the molecule is CC(C)(C)O[Si](C)(C[Si](C)(Oc1ccccc1)Oc1ccccc1)OC(C)(C)C. The van der Waals surface area contributed by atoms with E-state index in [1.807, 2.05) is 60.7 Å². The molecule has 0 aliphatic carbocycles. The summed E-state index contributed by atoms with van der Waals surface area (Å²) in [5.41, 5.74) is 0.000378. The molecular weight excluding hydrogens is 396 g/mol. The lowest BCUT2D eigenvalue weighted by Gasteiger charge is -2.42. The van der Waals surface area contributed by atoms with Crippen LogP contribution in [0.1, 0.15) is 41.5 Å². The van der Waals surface area contributed by atoms with Gasteiger partial charge in [0.15, 0.2) is 0 Å². The Balaban J connectivity index is 2.38. The summed E-state index contributed by atoms with van der Waals surface area (Å²) in [5.74, 6) is 1.61. The highest BCUT2D eigenvalue weighted by Gasteiger charge is 2.51. The third-order valence-corrected chi connectivity index (χ3v) is 12.4. The van der Waals surface area contributed by atoms with E-state index in [1.54, 1.807) is 0 Å². The first-order valence-electron chi connectivity index (χ1n) is 10.2. The number of para-hydroxylation sites is 2. The van der Waals surface area contributed by atoms with Gasteiger partial charge in [-0.1, -0.05) is 36.4 Å². The minimum absolute atomic E-state index is 0.318. The number of hydrogen-bond donors (Lipinski definition) is 0. The van der Waals surface area contributed by atoms with Crippen LogP contribution in [0.4, 0.5) is 0 Å². The van der Waals surface area contributed by atoms with Gasteiger partial charge in [0.1, 0.15) is 11.5 Å². The molecule has 0 unspecified atom stereocenters. The van der Waals surface area contributed by atoms with Crippen molar-refractivity contribution in [1.29, 1.82) is 0 Å². The van der Waals surface area contributed by atoms with E-state index in [4.69, 9.17) is 17.7 Å². The Morgan fingerprint density at radius 3 is 1.24 bits per heavy atom. The van der Waals surface area contributed by atoms with Crippen molar-refractivity contribution in [3.05, 3.63) is 60.7 Å². The second-order valence-corrected chi connectivity index (χ2v) is 16.5. The highest BCUT2D eigenvalue weighted by molar-refractivity contribution is 6.85. The molecule has 0 radical (unpaired) electrons. The first kappa shape index (κ1) is 23.7. The first-order chi connectivity index (χ1) is 13.3. The zero-order valence-electron chi connectivity index (χ0n) is 19.1. The number of rotatable bonds is 8. The molecule has 29 heavy (non-hydrogen) atoms. The van der Waals surface area contributed by atoms with E-state index >= 15 is 0 Å². The van der Waals surface area contributed by atoms with Gasteiger partial charge in [-0.05, 0) is 72.4 Å². The summed E-state index contributed by atoms with van der Waals surface area (Å²) in [4.78, 5) is 0. The summed E-state index contributed by atoms with van der Waals surface area (Å²) in [5, 5.41) is 0. The van der Waals surface area contributed by atoms with Crippen molar-refractivity contribution in [2.45, 2.75) is 71.5 Å². The lowest BCUT2D eigenvalue weighted by molar-refractivity contribution is 0.0190. The quantitative estimate of drug-likeness (QED) is 0.449. The molecule has 0 aliphatic heterocycles. The van der Waals surface area contributed by atoms with Crippen molar-refractivity contribution in [3.63, 3.8) is 0 Å². The standard InChI is InChI=1S/C23H36O4Si2/c1-22(2,3)26-29(8,27-23(4,5)6)19-28(7,24-20-15-11-9-12-16-20)25-21-17-13-10-14-18-21/h9-18H,19H2,1-8H3. The minimum Gasteiger partial charge on any atom is -0.512 e. The van der Waals surface area contributed by atoms with Crippen molar-refractivity contribution in [1.82, 2.24) is 0 Å². The smallest absolute Gasteiger partial charge is 0.459 e. The van der Waals surface area contributed by atoms with Crippen molar-refractivity contribution in [2.24, 2.45) is 0 Å². The maximum absolute atomic E-state index is 6.56. The Bertz CT molecular complexity index is 694. The van der Waals surface area contributed by atoms with E-state index < -0.39 is 17.1 Å². The molecule has 2 aromatic carbocycles. The fourth-order valence-corrected chi connectivity index (χ4v) is 13.3. The molecule has 0 bridgehead atoms. The Morgan fingerprint density at radius 1 is 0.586 bits per heavy atom. The topological polar surface area (TPSA) is 36.9 Å². The van der Waals surface area contributed by atoms with Gasteiger partial charge in [0.25, 0.3) is 0 Å². The molecule has 0 aliphatic rings. The van der Waals surface area contributed by atoms with Crippen molar-refractivity contribution >= 4 is 17.1 Å². The fourth-order valence-electron chi connectivity index (χ4n) is 3.54. The van der Waals surface area contributed by atoms with Crippen LogP contribution in [0.2, 0.25) is 18.8 Å². The van der Waals surface area contributed by atoms with Crippen LogP contribution in [0.25, 0.3) is 0 Å². The molecule has 0 amide bonds. The Kier molecular flexibility index (Phi) is 7.38. The van der Waals surface area contributed by atoms with Crippen LogP contribution in [0, 0.1) is 0 Å². The minimum atomic E-state index is -2.75. The van der Waals surface area contributed by atoms with Crippen molar-refractivity contribution < 1.29 is 17.7 Å². The highest BCUT2D eigenvalue weighted by Crippen LogP contribution is 2.33. The van der Waals surface area contributed by atoms with E-state index in [-0.39, 0.29) is 11.2 Å². The first-order valence-corrected chi connectivity index (χ1v) is 15.2. The van der Waals surface area contributed by atoms with Gasteiger partial charge in [-0.15, -0.1) is 0 Å². The average Bonchev–Trinajstić information content (AvgIpc) is 2.51. The second kappa shape index (κ2) is 9.04. The average molecular weight is 433 g/mol. The summed E-state index contributed by atoms with van der Waals surface area (Å²) < 4.78 is 26.2. The van der Waals surface area contributed by atoms with E-state index in [0.717, 1.165) is 11.5 Å². The molecular formula is C23H36O4Si2. The van der Waals surface area contributed by atoms with Crippen LogP contribution in [0.3, 0.4) is 0 Å². The molecule has 0 spiro atoms. The number of benzene rings is 2. The predicted octanol–water partition coefficient (Wildman–Crippen LogP) is 6.46. The maximum Gasteiger partial charge on any atom is 0.459 e. The van der Waals surface area contributed by atoms with E-state index in [9.17, 15) is 0 Å². The molecule has 4 nitrogen and oxygen atoms in total. The summed E-state index contributed by atoms with van der Waals surface area (Å²) in [6.07, 6.45) is 0. The summed E-state index contributed by atoms with van der Waals surface area (Å²) in [6, 6.07) is 19.7. The molecule has 2 aromatic rings. The molecule has 6 heteroatoms. The molecule has 0 N–H and O–H groups in total. The summed E-state index contributed by atoms with van der Waals surface area (Å²) in [7, 11) is -5.41. The maximum atomic E-state index is 6.56. The zero-order chi connectivity index (χ0) is 21.8. The third-order valence-electron chi connectivity index (χ3n) is 3.84. The summed E-state index contributed by atoms with van der Waals surface area (Å²) >= 11 is 0.